The zero-order chi connectivity index (χ0) is 36.0. The summed E-state index contributed by atoms with van der Waals surface area (Å²) in [5, 5.41) is 3.86. The number of fused-ring (bicyclic) bond motifs is 5. The second-order valence-corrected chi connectivity index (χ2v) is 16.0. The third kappa shape index (κ3) is 9.07. The first kappa shape index (κ1) is 37.2. The molecule has 51 heavy (non-hydrogen) atoms. The van der Waals surface area contributed by atoms with Gasteiger partial charge in [-0.2, -0.15) is 0 Å². The van der Waals surface area contributed by atoms with Gasteiger partial charge in [0.25, 0.3) is 0 Å². The van der Waals surface area contributed by atoms with Crippen molar-refractivity contribution in [1.29, 1.82) is 0 Å². The van der Waals surface area contributed by atoms with Gasteiger partial charge in [0.15, 0.2) is 0 Å². The molecule has 11 nitrogen and oxygen atoms in total. The molecule has 2 aromatic rings. The van der Waals surface area contributed by atoms with Gasteiger partial charge in [0.1, 0.15) is 30.0 Å². The van der Waals surface area contributed by atoms with E-state index in [0.717, 1.165) is 99.6 Å². The minimum absolute atomic E-state index is 0.145. The third-order valence-corrected chi connectivity index (χ3v) is 11.2. The molecule has 2 bridgehead atoms. The van der Waals surface area contributed by atoms with Crippen LogP contribution in [0.4, 0.5) is 4.79 Å². The number of likely N-dealkylation sites (tertiary alicyclic amines) is 1. The van der Waals surface area contributed by atoms with Crippen molar-refractivity contribution >= 4 is 28.9 Å². The van der Waals surface area contributed by atoms with Crippen LogP contribution in [0.3, 0.4) is 0 Å². The van der Waals surface area contributed by atoms with Gasteiger partial charge in [0.2, 0.25) is 11.8 Å². The summed E-state index contributed by atoms with van der Waals surface area (Å²) in [5.41, 5.74) is 1.07. The molecule has 1 aromatic heterocycles. The largest absolute Gasteiger partial charge is 0.492 e. The number of methoxy groups -OCH3 is 1. The van der Waals surface area contributed by atoms with Crippen LogP contribution >= 0.6 is 0 Å². The molecule has 0 radical (unpaired) electrons. The number of hydrogen-bond acceptors (Lipinski definition) is 9. The maximum Gasteiger partial charge on any atom is 0.408 e. The van der Waals surface area contributed by atoms with Crippen LogP contribution in [0.15, 0.2) is 24.3 Å². The van der Waals surface area contributed by atoms with E-state index in [-0.39, 0.29) is 25.0 Å². The zero-order valence-electron chi connectivity index (χ0n) is 31.1. The number of carbonyl (C=O) groups is 3. The predicted octanol–water partition coefficient (Wildman–Crippen LogP) is 6.44. The molecule has 0 unspecified atom stereocenters. The number of alkyl carbamates (subject to hydrolysis) is 1. The summed E-state index contributed by atoms with van der Waals surface area (Å²) < 4.78 is 24.6. The SMILES string of the molecule is COC(=O)[C@@H]1C[C@@H]2CN1C(=O)[C@H](C(C)(C)C)NC(=O)O[C@@H]1CCC[C@H]1CCCCCc1c(nc3ccccc3c1OCCCN1CCCCC1)O2. The number of nitrogens with zero attached hydrogens (tertiary/aromatic N) is 3. The molecule has 3 aliphatic heterocycles. The van der Waals surface area contributed by atoms with Gasteiger partial charge >= 0.3 is 12.1 Å². The van der Waals surface area contributed by atoms with E-state index in [1.54, 1.807) is 0 Å². The van der Waals surface area contributed by atoms with Crippen LogP contribution in [0, 0.1) is 11.3 Å². The van der Waals surface area contributed by atoms with Crippen molar-refractivity contribution in [2.75, 3.05) is 39.9 Å². The number of rotatable bonds is 6. The maximum atomic E-state index is 14.3. The van der Waals surface area contributed by atoms with Gasteiger partial charge in [-0.3, -0.25) is 4.79 Å². The molecular formula is C40H58N4O7. The van der Waals surface area contributed by atoms with Crippen molar-refractivity contribution in [2.24, 2.45) is 11.3 Å². The second kappa shape index (κ2) is 16.8. The van der Waals surface area contributed by atoms with Crippen LogP contribution in [0.25, 0.3) is 10.9 Å². The highest BCUT2D eigenvalue weighted by atomic mass is 16.6. The van der Waals surface area contributed by atoms with Gasteiger partial charge in [0, 0.05) is 18.4 Å². The topological polar surface area (TPSA) is 120 Å². The summed E-state index contributed by atoms with van der Waals surface area (Å²) in [6, 6.07) is 6.24. The lowest BCUT2D eigenvalue weighted by atomic mass is 9.85. The molecule has 6 rings (SSSR count). The van der Waals surface area contributed by atoms with Crippen molar-refractivity contribution in [3.63, 3.8) is 0 Å². The van der Waals surface area contributed by atoms with Crippen LogP contribution in [0.5, 0.6) is 11.6 Å². The lowest BCUT2D eigenvalue weighted by Gasteiger charge is -2.35. The molecular weight excluding hydrogens is 648 g/mol. The number of aromatic nitrogens is 1. The van der Waals surface area contributed by atoms with E-state index in [9.17, 15) is 14.4 Å². The van der Waals surface area contributed by atoms with E-state index < -0.39 is 35.7 Å². The summed E-state index contributed by atoms with van der Waals surface area (Å²) >= 11 is 0. The standard InChI is InChI=1S/C40H58N4O7/c1-40(2,3)35-37(45)44-26-28(25-32(44)38(46)48-4)50-36-30(18-8-5-7-15-27-16-13-20-33(27)51-39(47)42-35)34(29-17-9-10-19-31(29)41-36)49-24-14-23-43-21-11-6-12-22-43/h9-10,17,19,27-28,32-33,35H,5-8,11-16,18,20-26H2,1-4H3,(H,42,47)/t27-,28-,32+,33-,35-/m1/s1. The Bertz CT molecular complexity index is 1520. The fraction of sp³-hybridized carbons (Fsp3) is 0.700. The van der Waals surface area contributed by atoms with Crippen LogP contribution in [-0.2, 0) is 25.5 Å². The van der Waals surface area contributed by atoms with Crippen molar-refractivity contribution < 1.29 is 33.3 Å². The van der Waals surface area contributed by atoms with E-state index in [4.69, 9.17) is 23.9 Å². The minimum Gasteiger partial charge on any atom is -0.492 e. The van der Waals surface area contributed by atoms with E-state index in [1.165, 1.54) is 31.3 Å². The Labute approximate surface area is 303 Å². The number of para-hydroxylation sites is 1. The van der Waals surface area contributed by atoms with Crippen molar-refractivity contribution in [2.45, 2.75) is 129 Å². The summed E-state index contributed by atoms with van der Waals surface area (Å²) in [6.45, 7) is 9.77. The summed E-state index contributed by atoms with van der Waals surface area (Å²) in [7, 11) is 1.33. The summed E-state index contributed by atoms with van der Waals surface area (Å²) in [4.78, 5) is 49.9. The van der Waals surface area contributed by atoms with Gasteiger partial charge in [-0.05, 0) is 94.3 Å². The number of benzene rings is 1. The van der Waals surface area contributed by atoms with E-state index in [1.807, 2.05) is 39.0 Å². The number of carbonyl (C=O) groups excluding carboxylic acids is 3. The summed E-state index contributed by atoms with van der Waals surface area (Å²) in [6.07, 6.45) is 11.3. The first-order chi connectivity index (χ1) is 24.6. The smallest absolute Gasteiger partial charge is 0.408 e. The highest BCUT2D eigenvalue weighted by Crippen LogP contribution is 2.39. The second-order valence-electron chi connectivity index (χ2n) is 16.0. The van der Waals surface area contributed by atoms with Gasteiger partial charge in [-0.15, -0.1) is 0 Å². The highest BCUT2D eigenvalue weighted by molar-refractivity contribution is 5.91. The highest BCUT2D eigenvalue weighted by Gasteiger charge is 2.47. The average molecular weight is 707 g/mol. The molecule has 0 spiro atoms. The monoisotopic (exact) mass is 706 g/mol. The first-order valence-corrected chi connectivity index (χ1v) is 19.4. The van der Waals surface area contributed by atoms with Gasteiger partial charge in [-0.25, -0.2) is 14.6 Å². The van der Waals surface area contributed by atoms with Gasteiger partial charge in [-0.1, -0.05) is 52.2 Å². The molecule has 1 aliphatic carbocycles. The maximum absolute atomic E-state index is 14.3. The Morgan fingerprint density at radius 1 is 0.980 bits per heavy atom. The summed E-state index contributed by atoms with van der Waals surface area (Å²) in [5.74, 6) is 0.720. The number of piperidine rings is 1. The number of hydrogen-bond donors (Lipinski definition) is 1. The lowest BCUT2D eigenvalue weighted by molar-refractivity contribution is -0.152. The Hall–Kier alpha value is -3.60. The number of nitrogens with one attached hydrogen (secondary N) is 1. The Balaban J connectivity index is 1.32. The lowest BCUT2D eigenvalue weighted by Crippen LogP contribution is -2.57. The Morgan fingerprint density at radius 3 is 2.53 bits per heavy atom. The molecule has 2 saturated heterocycles. The van der Waals surface area contributed by atoms with E-state index >= 15 is 0 Å². The number of amides is 2. The van der Waals surface area contributed by atoms with Crippen LogP contribution in [-0.4, -0.2) is 96.9 Å². The van der Waals surface area contributed by atoms with Crippen molar-refractivity contribution in [1.82, 2.24) is 20.1 Å². The van der Waals surface area contributed by atoms with E-state index in [0.29, 0.717) is 18.4 Å². The fourth-order valence-corrected chi connectivity index (χ4v) is 8.45. The minimum atomic E-state index is -0.922. The molecule has 5 atom stereocenters. The quantitative estimate of drug-likeness (QED) is 0.268. The molecule has 4 aliphatic rings. The predicted molar refractivity (Wildman–Crippen MR) is 195 cm³/mol. The van der Waals surface area contributed by atoms with Crippen LogP contribution in [0.1, 0.15) is 103 Å². The molecule has 11 heteroatoms. The van der Waals surface area contributed by atoms with Gasteiger partial charge < -0.3 is 34.1 Å². The zero-order valence-corrected chi connectivity index (χ0v) is 31.1. The molecule has 280 valence electrons. The molecule has 1 aromatic carbocycles. The Kier molecular flexibility index (Phi) is 12.3. The van der Waals surface area contributed by atoms with Crippen molar-refractivity contribution in [3.05, 3.63) is 29.8 Å². The van der Waals surface area contributed by atoms with Crippen LogP contribution in [0.2, 0.25) is 0 Å². The Morgan fingerprint density at radius 2 is 1.75 bits per heavy atom. The van der Waals surface area contributed by atoms with E-state index in [2.05, 4.69) is 16.3 Å². The number of esters is 1. The fourth-order valence-electron chi connectivity index (χ4n) is 8.45. The average Bonchev–Trinajstić information content (AvgIpc) is 3.75. The van der Waals surface area contributed by atoms with Crippen LogP contribution < -0.4 is 14.8 Å². The normalized spacial score (nSPS) is 27.0. The third-order valence-electron chi connectivity index (χ3n) is 11.2. The van der Waals surface area contributed by atoms with Crippen molar-refractivity contribution in [3.8, 4) is 11.6 Å². The molecule has 2 amide bonds. The molecule has 3 fully saturated rings. The molecule has 1 saturated carbocycles. The number of pyridine rings is 1. The molecule has 1 N–H and O–H groups in total. The molecule has 4 heterocycles. The van der Waals surface area contributed by atoms with Gasteiger partial charge in [0.05, 0.1) is 31.3 Å². The first-order valence-electron chi connectivity index (χ1n) is 19.4. The number of ether oxygens (including phenoxy) is 4.